The number of aromatic nitrogens is 2. The van der Waals surface area contributed by atoms with Gasteiger partial charge in [0, 0.05) is 20.7 Å². The number of para-hydroxylation sites is 2. The molecule has 0 bridgehead atoms. The number of ether oxygens (including phenoxy) is 1. The summed E-state index contributed by atoms with van der Waals surface area (Å²) in [7, 11) is 3.31. The number of methoxy groups -OCH3 is 1. The molecule has 25 heavy (non-hydrogen) atoms. The van der Waals surface area contributed by atoms with E-state index in [9.17, 15) is 9.59 Å². The van der Waals surface area contributed by atoms with Gasteiger partial charge >= 0.3 is 5.69 Å². The first kappa shape index (κ1) is 17.0. The lowest BCUT2D eigenvalue weighted by atomic mass is 10.1. The lowest BCUT2D eigenvalue weighted by molar-refractivity contribution is -0.122. The number of amides is 1. The molecule has 0 radical (unpaired) electrons. The molecule has 0 aliphatic rings. The number of rotatable bonds is 6. The first-order valence-electron chi connectivity index (χ1n) is 8.10. The van der Waals surface area contributed by atoms with E-state index in [4.69, 9.17) is 4.74 Å². The van der Waals surface area contributed by atoms with Gasteiger partial charge in [0.05, 0.1) is 17.1 Å². The van der Waals surface area contributed by atoms with E-state index in [-0.39, 0.29) is 24.2 Å². The number of fused-ring (bicyclic) bond motifs is 1. The molecule has 0 fully saturated rings. The number of hydrogen-bond donors (Lipinski definition) is 1. The summed E-state index contributed by atoms with van der Waals surface area (Å²) in [5.74, 6) is -0.226. The van der Waals surface area contributed by atoms with Crippen LogP contribution in [0.1, 0.15) is 11.7 Å². The van der Waals surface area contributed by atoms with E-state index in [1.807, 2.05) is 54.6 Å². The third-order valence-corrected chi connectivity index (χ3v) is 4.29. The number of benzene rings is 2. The third-order valence-electron chi connectivity index (χ3n) is 4.29. The second-order valence-electron chi connectivity index (χ2n) is 5.86. The van der Waals surface area contributed by atoms with E-state index in [0.29, 0.717) is 6.54 Å². The summed E-state index contributed by atoms with van der Waals surface area (Å²) in [6.07, 6.45) is -0.227. The van der Waals surface area contributed by atoms with Gasteiger partial charge in [0.1, 0.15) is 6.54 Å². The molecule has 0 saturated carbocycles. The van der Waals surface area contributed by atoms with Crippen molar-refractivity contribution < 1.29 is 9.53 Å². The van der Waals surface area contributed by atoms with Gasteiger partial charge < -0.3 is 10.1 Å². The van der Waals surface area contributed by atoms with E-state index in [1.165, 1.54) is 4.57 Å². The zero-order valence-corrected chi connectivity index (χ0v) is 14.3. The van der Waals surface area contributed by atoms with Gasteiger partial charge in [-0.1, -0.05) is 42.5 Å². The predicted molar refractivity (Wildman–Crippen MR) is 96.4 cm³/mol. The fourth-order valence-corrected chi connectivity index (χ4v) is 2.93. The van der Waals surface area contributed by atoms with Crippen molar-refractivity contribution in [2.75, 3.05) is 13.7 Å². The quantitative estimate of drug-likeness (QED) is 0.745. The largest absolute Gasteiger partial charge is 0.375 e. The summed E-state index contributed by atoms with van der Waals surface area (Å²) in [4.78, 5) is 24.7. The topological polar surface area (TPSA) is 65.3 Å². The molecule has 1 N–H and O–H groups in total. The number of hydrogen-bond acceptors (Lipinski definition) is 3. The molecule has 1 heterocycles. The minimum Gasteiger partial charge on any atom is -0.375 e. The molecule has 3 rings (SSSR count). The molecule has 0 unspecified atom stereocenters. The minimum atomic E-state index is -0.227. The van der Waals surface area contributed by atoms with Crippen molar-refractivity contribution in [3.63, 3.8) is 0 Å². The van der Waals surface area contributed by atoms with Gasteiger partial charge in [0.25, 0.3) is 0 Å². The Morgan fingerprint density at radius 2 is 1.72 bits per heavy atom. The highest BCUT2D eigenvalue weighted by Gasteiger charge is 2.15. The van der Waals surface area contributed by atoms with Crippen LogP contribution < -0.4 is 11.0 Å². The van der Waals surface area contributed by atoms with E-state index in [0.717, 1.165) is 16.6 Å². The molecule has 0 spiro atoms. The van der Waals surface area contributed by atoms with Crippen LogP contribution in [-0.4, -0.2) is 28.7 Å². The molecule has 0 saturated heterocycles. The van der Waals surface area contributed by atoms with Crippen LogP contribution in [0.25, 0.3) is 11.0 Å². The first-order valence-corrected chi connectivity index (χ1v) is 8.10. The molecule has 6 heteroatoms. The van der Waals surface area contributed by atoms with E-state index in [2.05, 4.69) is 5.32 Å². The Balaban J connectivity index is 1.71. The van der Waals surface area contributed by atoms with E-state index >= 15 is 0 Å². The summed E-state index contributed by atoms with van der Waals surface area (Å²) in [6, 6.07) is 17.1. The number of aryl methyl sites for hydroxylation is 1. The van der Waals surface area contributed by atoms with Crippen LogP contribution in [0.4, 0.5) is 0 Å². The van der Waals surface area contributed by atoms with Crippen molar-refractivity contribution in [2.24, 2.45) is 7.05 Å². The standard InChI is InChI=1S/C19H21N3O3/c1-21-15-10-6-7-11-16(15)22(19(21)24)13-18(23)20-12-17(25-2)14-8-4-3-5-9-14/h3-11,17H,12-13H2,1-2H3,(H,20,23)/t17-/m0/s1. The minimum absolute atomic E-state index is 0.0224. The van der Waals surface area contributed by atoms with Crippen LogP contribution in [0.5, 0.6) is 0 Å². The van der Waals surface area contributed by atoms with Crippen molar-refractivity contribution in [1.29, 1.82) is 0 Å². The Hall–Kier alpha value is -2.86. The Morgan fingerprint density at radius 3 is 2.40 bits per heavy atom. The zero-order chi connectivity index (χ0) is 17.8. The van der Waals surface area contributed by atoms with Gasteiger partial charge in [-0.3, -0.25) is 13.9 Å². The number of nitrogens with one attached hydrogen (secondary N) is 1. The summed E-state index contributed by atoms with van der Waals surface area (Å²) < 4.78 is 8.48. The maximum atomic E-state index is 12.4. The lowest BCUT2D eigenvalue weighted by Gasteiger charge is -2.16. The van der Waals surface area contributed by atoms with Crippen LogP contribution in [-0.2, 0) is 23.1 Å². The third kappa shape index (κ3) is 3.49. The highest BCUT2D eigenvalue weighted by atomic mass is 16.5. The predicted octanol–water partition coefficient (Wildman–Crippen LogP) is 1.84. The summed E-state index contributed by atoms with van der Waals surface area (Å²) >= 11 is 0. The van der Waals surface area contributed by atoms with Crippen molar-refractivity contribution >= 4 is 16.9 Å². The second-order valence-corrected chi connectivity index (χ2v) is 5.86. The molecule has 6 nitrogen and oxygen atoms in total. The number of nitrogens with zero attached hydrogens (tertiary/aromatic N) is 2. The fraction of sp³-hybridized carbons (Fsp3) is 0.263. The molecule has 130 valence electrons. The molecular weight excluding hydrogens is 318 g/mol. The van der Waals surface area contributed by atoms with E-state index < -0.39 is 0 Å². The highest BCUT2D eigenvalue weighted by molar-refractivity contribution is 5.80. The first-order chi connectivity index (χ1) is 12.1. The SMILES string of the molecule is CO[C@@H](CNC(=O)Cn1c(=O)n(C)c2ccccc21)c1ccccc1. The van der Waals surface area contributed by atoms with Crippen LogP contribution in [0, 0.1) is 0 Å². The Bertz CT molecular complexity index is 928. The van der Waals surface area contributed by atoms with Crippen molar-refractivity contribution in [2.45, 2.75) is 12.6 Å². The van der Waals surface area contributed by atoms with Crippen LogP contribution >= 0.6 is 0 Å². The Kier molecular flexibility index (Phi) is 5.00. The van der Waals surface area contributed by atoms with Crippen molar-refractivity contribution in [3.8, 4) is 0 Å². The molecule has 0 aliphatic carbocycles. The monoisotopic (exact) mass is 339 g/mol. The van der Waals surface area contributed by atoms with Gasteiger partial charge in [-0.25, -0.2) is 4.79 Å². The Morgan fingerprint density at radius 1 is 1.08 bits per heavy atom. The normalized spacial score (nSPS) is 12.2. The summed E-state index contributed by atoms with van der Waals surface area (Å²) in [6.45, 7) is 0.324. The second kappa shape index (κ2) is 7.36. The van der Waals surface area contributed by atoms with Gasteiger partial charge in [-0.2, -0.15) is 0 Å². The highest BCUT2D eigenvalue weighted by Crippen LogP contribution is 2.15. The molecule has 3 aromatic rings. The van der Waals surface area contributed by atoms with Crippen molar-refractivity contribution in [3.05, 3.63) is 70.6 Å². The summed E-state index contributed by atoms with van der Waals surface area (Å²) in [5, 5.41) is 2.85. The molecule has 1 atom stereocenters. The van der Waals surface area contributed by atoms with E-state index in [1.54, 1.807) is 18.7 Å². The van der Waals surface area contributed by atoms with Gasteiger partial charge in [-0.15, -0.1) is 0 Å². The number of imidazole rings is 1. The van der Waals surface area contributed by atoms with Gasteiger partial charge in [0.15, 0.2) is 0 Å². The van der Waals surface area contributed by atoms with Gasteiger partial charge in [0.2, 0.25) is 5.91 Å². The summed E-state index contributed by atoms with van der Waals surface area (Å²) in [5.41, 5.74) is 2.34. The average molecular weight is 339 g/mol. The smallest absolute Gasteiger partial charge is 0.329 e. The van der Waals surface area contributed by atoms with Crippen LogP contribution in [0.3, 0.4) is 0 Å². The zero-order valence-electron chi connectivity index (χ0n) is 14.3. The maximum Gasteiger partial charge on any atom is 0.329 e. The Labute approximate surface area is 145 Å². The molecule has 1 amide bonds. The maximum absolute atomic E-state index is 12.4. The number of carbonyl (C=O) groups excluding carboxylic acids is 1. The molecule has 2 aromatic carbocycles. The lowest BCUT2D eigenvalue weighted by Crippen LogP contribution is -2.35. The molecule has 1 aromatic heterocycles. The number of carbonyl (C=O) groups is 1. The average Bonchev–Trinajstić information content (AvgIpc) is 2.88. The van der Waals surface area contributed by atoms with Crippen LogP contribution in [0.2, 0.25) is 0 Å². The van der Waals surface area contributed by atoms with Crippen molar-refractivity contribution in [1.82, 2.24) is 14.5 Å². The molecular formula is C19H21N3O3. The van der Waals surface area contributed by atoms with Crippen LogP contribution in [0.15, 0.2) is 59.4 Å². The fourth-order valence-electron chi connectivity index (χ4n) is 2.93. The van der Waals surface area contributed by atoms with Gasteiger partial charge in [-0.05, 0) is 17.7 Å². The molecule has 0 aliphatic heterocycles.